The number of benzene rings is 2. The van der Waals surface area contributed by atoms with Crippen LogP contribution in [0.1, 0.15) is 0 Å². The molecular weight excluding hydrogens is 255 g/mol. The minimum Gasteiger partial charge on any atom is -0.505 e. The van der Waals surface area contributed by atoms with Gasteiger partial charge in [0.15, 0.2) is 17.5 Å². The van der Waals surface area contributed by atoms with Gasteiger partial charge >= 0.3 is 0 Å². The first-order valence-corrected chi connectivity index (χ1v) is 6.61. The number of phenols is 1. The van der Waals surface area contributed by atoms with Gasteiger partial charge in [-0.15, -0.1) is 0 Å². The molecular formula is C13H9FO3S. The van der Waals surface area contributed by atoms with Crippen LogP contribution in [0.25, 0.3) is 11.1 Å². The normalized spacial score (nSPS) is 17.3. The predicted octanol–water partition coefficient (Wildman–Crippen LogP) is 2.66. The van der Waals surface area contributed by atoms with E-state index in [9.17, 15) is 8.60 Å². The summed E-state index contributed by atoms with van der Waals surface area (Å²) in [6.45, 7) is 0. The fraction of sp³-hybridized carbons (Fsp3) is 0.0769. The second kappa shape index (κ2) is 4.10. The van der Waals surface area contributed by atoms with Crippen molar-refractivity contribution >= 4 is 10.8 Å². The van der Waals surface area contributed by atoms with Gasteiger partial charge in [0, 0.05) is 0 Å². The summed E-state index contributed by atoms with van der Waals surface area (Å²) >= 11 is 0. The van der Waals surface area contributed by atoms with Crippen LogP contribution in [0.3, 0.4) is 0 Å². The Hall–Kier alpha value is -1.88. The number of rotatable bonds is 1. The summed E-state index contributed by atoms with van der Waals surface area (Å²) in [5.41, 5.74) is 1.39. The van der Waals surface area contributed by atoms with Crippen molar-refractivity contribution in [1.29, 1.82) is 0 Å². The highest BCUT2D eigenvalue weighted by molar-refractivity contribution is 7.85. The van der Waals surface area contributed by atoms with E-state index >= 15 is 0 Å². The van der Waals surface area contributed by atoms with Gasteiger partial charge < -0.3 is 9.84 Å². The van der Waals surface area contributed by atoms with Gasteiger partial charge in [0.25, 0.3) is 0 Å². The number of fused-ring (bicyclic) bond motifs is 1. The first kappa shape index (κ1) is 11.2. The van der Waals surface area contributed by atoms with E-state index in [4.69, 9.17) is 9.84 Å². The van der Waals surface area contributed by atoms with Crippen molar-refractivity contribution in [3.8, 4) is 22.6 Å². The molecule has 1 atom stereocenters. The Morgan fingerprint density at radius 3 is 2.67 bits per heavy atom. The lowest BCUT2D eigenvalue weighted by atomic mass is 10.1. The van der Waals surface area contributed by atoms with Gasteiger partial charge in [-0.05, 0) is 35.4 Å². The molecule has 1 unspecified atom stereocenters. The summed E-state index contributed by atoms with van der Waals surface area (Å²) in [4.78, 5) is 0.665. The molecule has 0 aromatic heterocycles. The molecule has 3 rings (SSSR count). The number of aromatic hydroxyl groups is 1. The van der Waals surface area contributed by atoms with Gasteiger partial charge in [0.05, 0.1) is 15.7 Å². The van der Waals surface area contributed by atoms with Crippen LogP contribution in [0.15, 0.2) is 41.3 Å². The maximum Gasteiger partial charge on any atom is 0.167 e. The van der Waals surface area contributed by atoms with Crippen LogP contribution in [0, 0.1) is 5.82 Å². The standard InChI is InChI=1S/C13H9FO3S/c14-10-5-8(1-3-11(10)15)9-2-4-13-12(6-9)17-7-18(13)16/h1-6,15H,7H2. The number of hydrogen-bond donors (Lipinski definition) is 1. The minimum atomic E-state index is -1.11. The fourth-order valence-electron chi connectivity index (χ4n) is 1.86. The molecule has 18 heavy (non-hydrogen) atoms. The van der Waals surface area contributed by atoms with Gasteiger partial charge in [-0.3, -0.25) is 4.21 Å². The van der Waals surface area contributed by atoms with E-state index in [0.717, 1.165) is 5.56 Å². The van der Waals surface area contributed by atoms with Crippen molar-refractivity contribution in [2.24, 2.45) is 0 Å². The van der Waals surface area contributed by atoms with Gasteiger partial charge in [0.1, 0.15) is 5.75 Å². The SMILES string of the molecule is O=S1COc2cc(-c3ccc(O)c(F)c3)ccc21. The average molecular weight is 264 g/mol. The first-order chi connectivity index (χ1) is 8.65. The third kappa shape index (κ3) is 1.76. The predicted molar refractivity (Wildman–Crippen MR) is 65.4 cm³/mol. The third-order valence-electron chi connectivity index (χ3n) is 2.79. The zero-order valence-corrected chi connectivity index (χ0v) is 10.0. The molecule has 2 aromatic rings. The topological polar surface area (TPSA) is 46.5 Å². The van der Waals surface area contributed by atoms with E-state index in [-0.39, 0.29) is 11.7 Å². The fourth-order valence-corrected chi connectivity index (χ4v) is 2.78. The van der Waals surface area contributed by atoms with Crippen molar-refractivity contribution in [3.05, 3.63) is 42.2 Å². The highest BCUT2D eigenvalue weighted by Gasteiger charge is 2.20. The van der Waals surface area contributed by atoms with Crippen LogP contribution in [0.4, 0.5) is 4.39 Å². The molecule has 0 radical (unpaired) electrons. The van der Waals surface area contributed by atoms with Crippen LogP contribution in [0.2, 0.25) is 0 Å². The lowest BCUT2D eigenvalue weighted by molar-refractivity contribution is 0.394. The van der Waals surface area contributed by atoms with E-state index < -0.39 is 16.6 Å². The van der Waals surface area contributed by atoms with Crippen LogP contribution >= 0.6 is 0 Å². The lowest BCUT2D eigenvalue weighted by Crippen LogP contribution is -1.91. The van der Waals surface area contributed by atoms with Crippen molar-refractivity contribution in [2.75, 3.05) is 5.94 Å². The zero-order chi connectivity index (χ0) is 12.7. The van der Waals surface area contributed by atoms with Crippen molar-refractivity contribution in [1.82, 2.24) is 0 Å². The molecule has 0 aliphatic carbocycles. The Balaban J connectivity index is 2.07. The summed E-state index contributed by atoms with van der Waals surface area (Å²) in [7, 11) is -1.11. The molecule has 0 bridgehead atoms. The Morgan fingerprint density at radius 2 is 1.89 bits per heavy atom. The monoisotopic (exact) mass is 264 g/mol. The molecule has 0 saturated carbocycles. The van der Waals surface area contributed by atoms with Gasteiger partial charge in [-0.25, -0.2) is 4.39 Å². The zero-order valence-electron chi connectivity index (χ0n) is 9.22. The highest BCUT2D eigenvalue weighted by Crippen LogP contribution is 2.34. The molecule has 3 nitrogen and oxygen atoms in total. The van der Waals surface area contributed by atoms with Gasteiger partial charge in [-0.1, -0.05) is 12.1 Å². The van der Waals surface area contributed by atoms with E-state index in [0.29, 0.717) is 16.2 Å². The van der Waals surface area contributed by atoms with Gasteiger partial charge in [0.2, 0.25) is 0 Å². The Morgan fingerprint density at radius 1 is 1.17 bits per heavy atom. The minimum absolute atomic E-state index is 0.169. The summed E-state index contributed by atoms with van der Waals surface area (Å²) in [5, 5.41) is 9.14. The molecule has 1 heterocycles. The molecule has 0 spiro atoms. The molecule has 1 aliphatic heterocycles. The van der Waals surface area contributed by atoms with Crippen molar-refractivity contribution < 1.29 is 18.4 Å². The number of ether oxygens (including phenoxy) is 1. The quantitative estimate of drug-likeness (QED) is 0.861. The second-order valence-electron chi connectivity index (χ2n) is 3.94. The average Bonchev–Trinajstić information content (AvgIpc) is 2.74. The summed E-state index contributed by atoms with van der Waals surface area (Å²) in [6.07, 6.45) is 0. The maximum absolute atomic E-state index is 13.3. The number of phenolic OH excluding ortho intramolecular Hbond substituents is 1. The number of hydrogen-bond acceptors (Lipinski definition) is 3. The van der Waals surface area contributed by atoms with E-state index in [2.05, 4.69) is 0 Å². The van der Waals surface area contributed by atoms with Crippen LogP contribution in [-0.2, 0) is 10.8 Å². The second-order valence-corrected chi connectivity index (χ2v) is 5.30. The molecule has 2 aromatic carbocycles. The van der Waals surface area contributed by atoms with Crippen LogP contribution in [-0.4, -0.2) is 15.3 Å². The summed E-state index contributed by atoms with van der Waals surface area (Å²) < 4.78 is 30.1. The molecule has 0 saturated heterocycles. The highest BCUT2D eigenvalue weighted by atomic mass is 32.2. The largest absolute Gasteiger partial charge is 0.505 e. The first-order valence-electron chi connectivity index (χ1n) is 5.29. The Labute approximate surface area is 105 Å². The molecule has 0 fully saturated rings. The van der Waals surface area contributed by atoms with Crippen molar-refractivity contribution in [2.45, 2.75) is 4.90 Å². The van der Waals surface area contributed by atoms with E-state index in [1.807, 2.05) is 0 Å². The molecule has 1 aliphatic rings. The molecule has 1 N–H and O–H groups in total. The van der Waals surface area contributed by atoms with Crippen molar-refractivity contribution in [3.63, 3.8) is 0 Å². The Kier molecular flexibility index (Phi) is 2.56. The molecule has 0 amide bonds. The maximum atomic E-state index is 13.3. The smallest absolute Gasteiger partial charge is 0.167 e. The van der Waals surface area contributed by atoms with E-state index in [1.165, 1.54) is 12.1 Å². The lowest BCUT2D eigenvalue weighted by Gasteiger charge is -2.05. The van der Waals surface area contributed by atoms with Crippen LogP contribution < -0.4 is 4.74 Å². The van der Waals surface area contributed by atoms with Gasteiger partial charge in [-0.2, -0.15) is 0 Å². The molecule has 92 valence electrons. The molecule has 5 heteroatoms. The number of halogens is 1. The summed E-state index contributed by atoms with van der Waals surface area (Å²) in [6, 6.07) is 9.38. The van der Waals surface area contributed by atoms with Crippen LogP contribution in [0.5, 0.6) is 11.5 Å². The summed E-state index contributed by atoms with van der Waals surface area (Å²) in [5.74, 6) is -0.308. The van der Waals surface area contributed by atoms with E-state index in [1.54, 1.807) is 24.3 Å². The third-order valence-corrected chi connectivity index (χ3v) is 3.95. The Bertz CT molecular complexity index is 655.